The summed E-state index contributed by atoms with van der Waals surface area (Å²) >= 11 is 0. The van der Waals surface area contributed by atoms with Crippen molar-refractivity contribution in [2.45, 2.75) is 45.3 Å². The molecule has 3 rings (SSSR count). The average molecular weight is 289 g/mol. The molecule has 5 heteroatoms. The highest BCUT2D eigenvalue weighted by Crippen LogP contribution is 2.28. The summed E-state index contributed by atoms with van der Waals surface area (Å²) in [6.45, 7) is 4.40. The number of para-hydroxylation sites is 1. The molecule has 1 fully saturated rings. The van der Waals surface area contributed by atoms with Crippen LogP contribution in [0, 0.1) is 0 Å². The highest BCUT2D eigenvalue weighted by atomic mass is 16.5. The number of aromatic nitrogens is 2. The van der Waals surface area contributed by atoms with E-state index in [-0.39, 0.29) is 6.10 Å². The highest BCUT2D eigenvalue weighted by Gasteiger charge is 2.19. The van der Waals surface area contributed by atoms with E-state index in [0.717, 1.165) is 49.2 Å². The second-order valence-corrected chi connectivity index (χ2v) is 5.54. The van der Waals surface area contributed by atoms with Crippen molar-refractivity contribution >= 4 is 17.0 Å². The van der Waals surface area contributed by atoms with Crippen molar-refractivity contribution in [2.75, 3.05) is 18.9 Å². The molecule has 0 radical (unpaired) electrons. The predicted octanol–water partition coefficient (Wildman–Crippen LogP) is 2.98. The Bertz CT molecular complexity index is 603. The summed E-state index contributed by atoms with van der Waals surface area (Å²) in [6.07, 6.45) is 4.68. The lowest BCUT2D eigenvalue weighted by Gasteiger charge is -2.23. The van der Waals surface area contributed by atoms with Crippen LogP contribution in [-0.4, -0.2) is 28.9 Å². The van der Waals surface area contributed by atoms with Crippen LogP contribution in [0.15, 0.2) is 18.2 Å². The summed E-state index contributed by atoms with van der Waals surface area (Å²) in [6, 6.07) is 5.99. The Balaban J connectivity index is 1.89. The zero-order valence-electron chi connectivity index (χ0n) is 12.5. The van der Waals surface area contributed by atoms with Gasteiger partial charge in [0.1, 0.15) is 11.3 Å². The van der Waals surface area contributed by atoms with E-state index >= 15 is 0 Å². The first-order chi connectivity index (χ1) is 10.3. The van der Waals surface area contributed by atoms with Gasteiger partial charge in [0.2, 0.25) is 5.95 Å². The Morgan fingerprint density at radius 1 is 1.43 bits per heavy atom. The molecule has 5 nitrogen and oxygen atoms in total. The van der Waals surface area contributed by atoms with Gasteiger partial charge in [0.15, 0.2) is 0 Å². The lowest BCUT2D eigenvalue weighted by atomic mass is 10.1. The Labute approximate surface area is 125 Å². The zero-order valence-corrected chi connectivity index (χ0v) is 12.5. The van der Waals surface area contributed by atoms with Crippen molar-refractivity contribution in [3.8, 4) is 5.75 Å². The summed E-state index contributed by atoms with van der Waals surface area (Å²) < 4.78 is 13.6. The first-order valence-electron chi connectivity index (χ1n) is 7.78. The van der Waals surface area contributed by atoms with Gasteiger partial charge in [-0.2, -0.15) is 0 Å². The SMILES string of the molecule is CCCOc1cccc2c1nc(N)n2CC1CCCCO1. The Morgan fingerprint density at radius 2 is 2.33 bits per heavy atom. The number of benzene rings is 1. The number of rotatable bonds is 5. The van der Waals surface area contributed by atoms with Crippen LogP contribution in [0.2, 0.25) is 0 Å². The molecule has 1 aromatic carbocycles. The number of fused-ring (bicyclic) bond motifs is 1. The van der Waals surface area contributed by atoms with Gasteiger partial charge in [0, 0.05) is 6.61 Å². The molecule has 2 N–H and O–H groups in total. The molecule has 0 spiro atoms. The summed E-state index contributed by atoms with van der Waals surface area (Å²) in [5, 5.41) is 0. The Kier molecular flexibility index (Phi) is 4.29. The maximum atomic E-state index is 6.11. The number of imidazole rings is 1. The Hall–Kier alpha value is -1.75. The van der Waals surface area contributed by atoms with Crippen molar-refractivity contribution < 1.29 is 9.47 Å². The fourth-order valence-electron chi connectivity index (χ4n) is 2.81. The first-order valence-corrected chi connectivity index (χ1v) is 7.78. The second-order valence-electron chi connectivity index (χ2n) is 5.54. The molecule has 1 aliphatic rings. The summed E-state index contributed by atoms with van der Waals surface area (Å²) in [5.41, 5.74) is 7.98. The van der Waals surface area contributed by atoms with Crippen molar-refractivity contribution in [2.24, 2.45) is 0 Å². The Morgan fingerprint density at radius 3 is 3.10 bits per heavy atom. The number of nitrogens with zero attached hydrogens (tertiary/aromatic N) is 2. The summed E-state index contributed by atoms with van der Waals surface area (Å²) in [4.78, 5) is 4.49. The van der Waals surface area contributed by atoms with Crippen LogP contribution in [0.1, 0.15) is 32.6 Å². The molecule has 1 aliphatic heterocycles. The van der Waals surface area contributed by atoms with Gasteiger partial charge in [-0.1, -0.05) is 13.0 Å². The molecule has 0 bridgehead atoms. The van der Waals surface area contributed by atoms with Crippen LogP contribution in [0.5, 0.6) is 5.75 Å². The lowest BCUT2D eigenvalue weighted by molar-refractivity contribution is 0.00694. The molecule has 0 saturated carbocycles. The normalized spacial score (nSPS) is 19.0. The van der Waals surface area contributed by atoms with Crippen molar-refractivity contribution in [3.63, 3.8) is 0 Å². The number of anilines is 1. The smallest absolute Gasteiger partial charge is 0.201 e. The van der Waals surface area contributed by atoms with Gasteiger partial charge in [-0.05, 0) is 37.8 Å². The number of hydrogen-bond acceptors (Lipinski definition) is 4. The van der Waals surface area contributed by atoms with Crippen molar-refractivity contribution in [1.29, 1.82) is 0 Å². The first kappa shape index (κ1) is 14.2. The monoisotopic (exact) mass is 289 g/mol. The van der Waals surface area contributed by atoms with E-state index in [0.29, 0.717) is 12.6 Å². The molecule has 1 saturated heterocycles. The number of ether oxygens (including phenoxy) is 2. The van der Waals surface area contributed by atoms with E-state index in [1.165, 1.54) is 6.42 Å². The van der Waals surface area contributed by atoms with E-state index in [1.54, 1.807) is 0 Å². The van der Waals surface area contributed by atoms with E-state index in [2.05, 4.69) is 11.9 Å². The molecule has 1 aromatic heterocycles. The molecule has 1 atom stereocenters. The van der Waals surface area contributed by atoms with Crippen LogP contribution in [0.3, 0.4) is 0 Å². The third-order valence-corrected chi connectivity index (χ3v) is 3.89. The third-order valence-electron chi connectivity index (χ3n) is 3.89. The van der Waals surface area contributed by atoms with Crippen molar-refractivity contribution in [3.05, 3.63) is 18.2 Å². The van der Waals surface area contributed by atoms with Gasteiger partial charge < -0.3 is 19.8 Å². The molecule has 0 amide bonds. The number of hydrogen-bond donors (Lipinski definition) is 1. The number of nitrogens with two attached hydrogens (primary N) is 1. The van der Waals surface area contributed by atoms with Crippen LogP contribution >= 0.6 is 0 Å². The molecule has 114 valence electrons. The third kappa shape index (κ3) is 2.97. The largest absolute Gasteiger partial charge is 0.491 e. The van der Waals surface area contributed by atoms with Crippen LogP contribution < -0.4 is 10.5 Å². The minimum atomic E-state index is 0.235. The topological polar surface area (TPSA) is 62.3 Å². The average Bonchev–Trinajstić information content (AvgIpc) is 2.83. The van der Waals surface area contributed by atoms with Gasteiger partial charge in [-0.25, -0.2) is 4.98 Å². The van der Waals surface area contributed by atoms with Gasteiger partial charge >= 0.3 is 0 Å². The molecule has 2 aromatic rings. The molecular formula is C16H23N3O2. The fraction of sp³-hybridized carbons (Fsp3) is 0.562. The minimum absolute atomic E-state index is 0.235. The highest BCUT2D eigenvalue weighted by molar-refractivity contribution is 5.84. The standard InChI is InChI=1S/C16H23N3O2/c1-2-9-21-14-8-5-7-13-15(14)18-16(17)19(13)11-12-6-3-4-10-20-12/h5,7-8,12H,2-4,6,9-11H2,1H3,(H2,17,18). The molecule has 2 heterocycles. The maximum absolute atomic E-state index is 6.11. The maximum Gasteiger partial charge on any atom is 0.201 e. The summed E-state index contributed by atoms with van der Waals surface area (Å²) in [7, 11) is 0. The van der Waals surface area contributed by atoms with E-state index in [9.17, 15) is 0 Å². The van der Waals surface area contributed by atoms with E-state index < -0.39 is 0 Å². The van der Waals surface area contributed by atoms with Gasteiger partial charge in [-0.15, -0.1) is 0 Å². The second kappa shape index (κ2) is 6.35. The van der Waals surface area contributed by atoms with Crippen LogP contribution in [0.25, 0.3) is 11.0 Å². The number of nitrogen functional groups attached to an aromatic ring is 1. The summed E-state index contributed by atoms with van der Waals surface area (Å²) in [5.74, 6) is 1.34. The van der Waals surface area contributed by atoms with E-state index in [4.69, 9.17) is 15.2 Å². The molecular weight excluding hydrogens is 266 g/mol. The van der Waals surface area contributed by atoms with Gasteiger partial charge in [0.05, 0.1) is 24.8 Å². The minimum Gasteiger partial charge on any atom is -0.491 e. The van der Waals surface area contributed by atoms with E-state index in [1.807, 2.05) is 22.8 Å². The van der Waals surface area contributed by atoms with Crippen molar-refractivity contribution in [1.82, 2.24) is 9.55 Å². The molecule has 0 aliphatic carbocycles. The zero-order chi connectivity index (χ0) is 14.7. The molecule has 1 unspecified atom stereocenters. The predicted molar refractivity (Wildman–Crippen MR) is 83.5 cm³/mol. The van der Waals surface area contributed by atoms with Gasteiger partial charge in [0.25, 0.3) is 0 Å². The van der Waals surface area contributed by atoms with Crippen LogP contribution in [-0.2, 0) is 11.3 Å². The quantitative estimate of drug-likeness (QED) is 0.919. The van der Waals surface area contributed by atoms with Crippen LogP contribution in [0.4, 0.5) is 5.95 Å². The fourth-order valence-corrected chi connectivity index (χ4v) is 2.81. The molecule has 21 heavy (non-hydrogen) atoms. The lowest BCUT2D eigenvalue weighted by Crippen LogP contribution is -2.25. The van der Waals surface area contributed by atoms with Gasteiger partial charge in [-0.3, -0.25) is 0 Å².